The summed E-state index contributed by atoms with van der Waals surface area (Å²) in [6.45, 7) is 11.6. The molecule has 0 saturated carbocycles. The van der Waals surface area contributed by atoms with E-state index in [0.717, 1.165) is 49.7 Å². The van der Waals surface area contributed by atoms with Crippen molar-refractivity contribution in [2.75, 3.05) is 13.2 Å². The number of ether oxygens (including phenoxy) is 6. The van der Waals surface area contributed by atoms with Crippen molar-refractivity contribution in [2.45, 2.75) is 164 Å². The van der Waals surface area contributed by atoms with Gasteiger partial charge in [0.2, 0.25) is 0 Å². The molecule has 0 amide bonds. The SMILES string of the molecule is C=C1CC[C@H](CC[C@@H]2OC(CCC(=O)CC3OC4C(OC5CCC(CC(=O)CC6CCO[C@H]6C)O[C@@H]5C4O)C3O)CC2=C)OC1. The van der Waals surface area contributed by atoms with Crippen LogP contribution in [-0.2, 0) is 38.0 Å². The van der Waals surface area contributed by atoms with Gasteiger partial charge in [0.15, 0.2) is 0 Å². The Morgan fingerprint density at radius 3 is 2.36 bits per heavy atom. The van der Waals surface area contributed by atoms with Crippen molar-refractivity contribution in [3.63, 3.8) is 0 Å². The number of aliphatic hydroxyl groups excluding tert-OH is 2. The van der Waals surface area contributed by atoms with E-state index in [9.17, 15) is 19.8 Å². The summed E-state index contributed by atoms with van der Waals surface area (Å²) in [6, 6.07) is 0. The molecule has 0 spiro atoms. The Labute approximate surface area is 266 Å². The Morgan fingerprint density at radius 1 is 0.778 bits per heavy atom. The van der Waals surface area contributed by atoms with Crippen molar-refractivity contribution in [1.29, 1.82) is 0 Å². The lowest BCUT2D eigenvalue weighted by Crippen LogP contribution is -2.61. The lowest BCUT2D eigenvalue weighted by atomic mass is 9.86. The average Bonchev–Trinajstić information content (AvgIpc) is 3.68. The highest BCUT2D eigenvalue weighted by molar-refractivity contribution is 5.79. The first-order valence-corrected chi connectivity index (χ1v) is 17.2. The molecule has 9 unspecified atom stereocenters. The molecule has 0 aromatic heterocycles. The summed E-state index contributed by atoms with van der Waals surface area (Å²) in [4.78, 5) is 25.7. The first kappa shape index (κ1) is 33.4. The molecule has 13 atom stereocenters. The highest BCUT2D eigenvalue weighted by Gasteiger charge is 2.57. The highest BCUT2D eigenvalue weighted by atomic mass is 16.6. The molecule has 6 aliphatic heterocycles. The minimum absolute atomic E-state index is 0.00496. The second-order valence-corrected chi connectivity index (χ2v) is 14.3. The van der Waals surface area contributed by atoms with Gasteiger partial charge in [0, 0.05) is 32.3 Å². The first-order valence-electron chi connectivity index (χ1n) is 17.2. The molecule has 45 heavy (non-hydrogen) atoms. The molecule has 6 rings (SSSR count). The Bertz CT molecular complexity index is 1080. The van der Waals surface area contributed by atoms with Crippen molar-refractivity contribution < 1.29 is 48.2 Å². The lowest BCUT2D eigenvalue weighted by molar-refractivity contribution is -0.259. The van der Waals surface area contributed by atoms with Crippen LogP contribution in [0.2, 0.25) is 0 Å². The van der Waals surface area contributed by atoms with Gasteiger partial charge in [0.1, 0.15) is 42.1 Å². The van der Waals surface area contributed by atoms with E-state index in [1.165, 1.54) is 0 Å². The molecule has 0 radical (unpaired) electrons. The molecular weight excluding hydrogens is 580 g/mol. The fourth-order valence-corrected chi connectivity index (χ4v) is 8.13. The maximum Gasteiger partial charge on any atom is 0.135 e. The summed E-state index contributed by atoms with van der Waals surface area (Å²) in [5, 5.41) is 22.3. The molecule has 0 aromatic rings. The summed E-state index contributed by atoms with van der Waals surface area (Å²) in [5.74, 6) is 0.385. The van der Waals surface area contributed by atoms with Gasteiger partial charge in [0.05, 0.1) is 49.3 Å². The van der Waals surface area contributed by atoms with E-state index < -0.39 is 42.7 Å². The number of carbonyl (C=O) groups is 2. The third kappa shape index (κ3) is 7.97. The van der Waals surface area contributed by atoms with Gasteiger partial charge >= 0.3 is 0 Å². The zero-order chi connectivity index (χ0) is 31.7. The van der Waals surface area contributed by atoms with E-state index in [2.05, 4.69) is 13.2 Å². The van der Waals surface area contributed by atoms with Crippen molar-refractivity contribution in [1.82, 2.24) is 0 Å². The number of aliphatic hydroxyl groups is 2. The number of Topliss-reactive ketones (excluding diaryl/α,β-unsaturated/α-hetero) is 2. The van der Waals surface area contributed by atoms with Crippen LogP contribution in [0.1, 0.15) is 90.4 Å². The van der Waals surface area contributed by atoms with E-state index >= 15 is 0 Å². The van der Waals surface area contributed by atoms with Crippen LogP contribution in [-0.4, -0.2) is 108 Å². The van der Waals surface area contributed by atoms with Crippen LogP contribution in [0.5, 0.6) is 0 Å². The fourth-order valence-electron chi connectivity index (χ4n) is 8.13. The van der Waals surface area contributed by atoms with Crippen LogP contribution in [0.3, 0.4) is 0 Å². The van der Waals surface area contributed by atoms with Crippen LogP contribution in [0.15, 0.2) is 24.3 Å². The van der Waals surface area contributed by atoms with E-state index in [0.29, 0.717) is 51.7 Å². The third-order valence-corrected chi connectivity index (χ3v) is 10.9. The molecule has 0 aromatic carbocycles. The zero-order valence-electron chi connectivity index (χ0n) is 26.7. The number of fused-ring (bicyclic) bond motifs is 2. The van der Waals surface area contributed by atoms with Crippen molar-refractivity contribution in [3.05, 3.63) is 24.3 Å². The Balaban J connectivity index is 0.926. The molecular formula is C35H52O10. The van der Waals surface area contributed by atoms with Gasteiger partial charge in [-0.3, -0.25) is 9.59 Å². The Hall–Kier alpha value is -1.50. The second-order valence-electron chi connectivity index (χ2n) is 14.3. The zero-order valence-corrected chi connectivity index (χ0v) is 26.7. The summed E-state index contributed by atoms with van der Waals surface area (Å²) in [5.41, 5.74) is 2.23. The number of hydrogen-bond donors (Lipinski definition) is 2. The van der Waals surface area contributed by atoms with Gasteiger partial charge in [-0.15, -0.1) is 0 Å². The maximum absolute atomic E-state index is 13.0. The summed E-state index contributed by atoms with van der Waals surface area (Å²) < 4.78 is 36.2. The molecule has 6 heterocycles. The van der Waals surface area contributed by atoms with Gasteiger partial charge in [-0.1, -0.05) is 18.7 Å². The van der Waals surface area contributed by atoms with Crippen molar-refractivity contribution >= 4 is 11.6 Å². The first-order chi connectivity index (χ1) is 21.6. The van der Waals surface area contributed by atoms with Crippen LogP contribution in [0.25, 0.3) is 0 Å². The minimum atomic E-state index is -1.02. The van der Waals surface area contributed by atoms with Gasteiger partial charge in [-0.2, -0.15) is 0 Å². The number of hydrogen-bond acceptors (Lipinski definition) is 10. The minimum Gasteiger partial charge on any atom is -0.388 e. The van der Waals surface area contributed by atoms with Crippen LogP contribution in [0, 0.1) is 5.92 Å². The molecule has 6 saturated heterocycles. The van der Waals surface area contributed by atoms with Gasteiger partial charge in [0.25, 0.3) is 0 Å². The van der Waals surface area contributed by atoms with Crippen LogP contribution >= 0.6 is 0 Å². The topological polar surface area (TPSA) is 130 Å². The molecule has 6 aliphatic rings. The largest absolute Gasteiger partial charge is 0.388 e. The second kappa shape index (κ2) is 14.7. The van der Waals surface area contributed by atoms with Crippen LogP contribution in [0.4, 0.5) is 0 Å². The molecule has 10 heteroatoms. The van der Waals surface area contributed by atoms with Crippen molar-refractivity contribution in [2.24, 2.45) is 5.92 Å². The summed E-state index contributed by atoms with van der Waals surface area (Å²) >= 11 is 0. The highest BCUT2D eigenvalue weighted by Crippen LogP contribution is 2.40. The fraction of sp³-hybridized carbons (Fsp3) is 0.829. The summed E-state index contributed by atoms with van der Waals surface area (Å²) in [6.07, 6.45) is 3.13. The molecule has 2 N–H and O–H groups in total. The standard InChI is InChI=1S/C35H52O10/c1-19-4-6-25(41-18-19)8-10-28-20(2)14-26(42-28)7-5-23(36)17-30-31(38)34-35(45-30)32(39)33-29(44-34)11-9-27(43-33)16-24(37)15-22-12-13-40-21(22)3/h21-22,25-35,38-39H,1-2,4-18H2,3H3/t21-,22?,25+,26?,27?,28-,29?,30?,31?,32?,33-,34?,35?/m0/s1. The molecule has 252 valence electrons. The molecule has 0 aliphatic carbocycles. The molecule has 10 nitrogen and oxygen atoms in total. The molecule has 0 bridgehead atoms. The smallest absolute Gasteiger partial charge is 0.135 e. The van der Waals surface area contributed by atoms with E-state index in [4.69, 9.17) is 28.4 Å². The number of ketones is 2. The summed E-state index contributed by atoms with van der Waals surface area (Å²) in [7, 11) is 0. The number of rotatable bonds is 12. The van der Waals surface area contributed by atoms with Gasteiger partial charge in [-0.25, -0.2) is 0 Å². The Kier molecular flexibility index (Phi) is 10.9. The number of carbonyl (C=O) groups excluding carboxylic acids is 2. The van der Waals surface area contributed by atoms with E-state index in [1.807, 2.05) is 6.92 Å². The predicted molar refractivity (Wildman–Crippen MR) is 164 cm³/mol. The maximum atomic E-state index is 13.0. The van der Waals surface area contributed by atoms with Crippen molar-refractivity contribution in [3.8, 4) is 0 Å². The monoisotopic (exact) mass is 632 g/mol. The Morgan fingerprint density at radius 2 is 1.60 bits per heavy atom. The lowest BCUT2D eigenvalue weighted by Gasteiger charge is -2.46. The average molecular weight is 633 g/mol. The normalized spacial score (nSPS) is 43.3. The predicted octanol–water partition coefficient (Wildman–Crippen LogP) is 3.53. The quantitative estimate of drug-likeness (QED) is 0.308. The van der Waals surface area contributed by atoms with E-state index in [1.54, 1.807) is 0 Å². The third-order valence-electron chi connectivity index (χ3n) is 10.9. The van der Waals surface area contributed by atoms with Crippen LogP contribution < -0.4 is 0 Å². The molecule has 6 fully saturated rings. The van der Waals surface area contributed by atoms with E-state index in [-0.39, 0.29) is 54.4 Å². The van der Waals surface area contributed by atoms with Gasteiger partial charge < -0.3 is 38.6 Å². The van der Waals surface area contributed by atoms with Gasteiger partial charge in [-0.05, 0) is 76.2 Å².